The Bertz CT molecular complexity index is 388. The summed E-state index contributed by atoms with van der Waals surface area (Å²) in [5.74, 6) is 0.426. The summed E-state index contributed by atoms with van der Waals surface area (Å²) >= 11 is 5.46. The second-order valence-corrected chi connectivity index (χ2v) is 3.10. The maximum atomic E-state index is 11.2. The Kier molecular flexibility index (Phi) is 3.64. The minimum Gasteiger partial charge on any atom is -0.309 e. The van der Waals surface area contributed by atoms with Gasteiger partial charge in [0.1, 0.15) is 0 Å². The second-order valence-electron chi connectivity index (χ2n) is 2.72. The van der Waals surface area contributed by atoms with Gasteiger partial charge in [-0.3, -0.25) is 14.9 Å². The highest BCUT2D eigenvalue weighted by Gasteiger charge is 2.06. The Labute approximate surface area is 85.1 Å². The summed E-state index contributed by atoms with van der Waals surface area (Å²) in [5.41, 5.74) is -0.333. The van der Waals surface area contributed by atoms with Crippen molar-refractivity contribution < 1.29 is 4.92 Å². The molecule has 0 aliphatic carbocycles. The van der Waals surface area contributed by atoms with Crippen LogP contribution in [0.3, 0.4) is 0 Å². The van der Waals surface area contributed by atoms with Crippen molar-refractivity contribution in [2.24, 2.45) is 0 Å². The molecule has 0 aromatic carbocycles. The largest absolute Gasteiger partial charge is 0.309 e. The van der Waals surface area contributed by atoms with Crippen molar-refractivity contribution in [3.05, 3.63) is 38.8 Å². The van der Waals surface area contributed by atoms with Crippen LogP contribution in [0.4, 0.5) is 5.69 Å². The van der Waals surface area contributed by atoms with Gasteiger partial charge in [0.15, 0.2) is 0 Å². The topological polar surface area (TPSA) is 65.1 Å². The van der Waals surface area contributed by atoms with E-state index in [1.54, 1.807) is 0 Å². The van der Waals surface area contributed by atoms with Crippen LogP contribution < -0.4 is 5.56 Å². The van der Waals surface area contributed by atoms with Crippen molar-refractivity contribution in [1.82, 2.24) is 4.57 Å². The molecular weight excluding hydrogens is 208 g/mol. The van der Waals surface area contributed by atoms with Crippen LogP contribution >= 0.6 is 11.6 Å². The minimum absolute atomic E-state index is 0.0841. The lowest BCUT2D eigenvalue weighted by atomic mass is 10.4. The summed E-state index contributed by atoms with van der Waals surface area (Å²) in [6.07, 6.45) is 1.84. The molecule has 6 heteroatoms. The summed E-state index contributed by atoms with van der Waals surface area (Å²) in [6, 6.07) is 2.38. The zero-order valence-corrected chi connectivity index (χ0v) is 8.11. The predicted molar refractivity (Wildman–Crippen MR) is 52.7 cm³/mol. The third kappa shape index (κ3) is 2.56. The molecule has 0 saturated heterocycles. The lowest BCUT2D eigenvalue weighted by Gasteiger charge is -2.02. The van der Waals surface area contributed by atoms with E-state index in [-0.39, 0.29) is 11.2 Å². The third-order valence-corrected chi connectivity index (χ3v) is 1.98. The standard InChI is InChI=1S/C8H9ClN2O3/c9-4-1-5-10-6-7(11(13)14)2-3-8(10)12/h2-3,6H,1,4-5H2. The first-order valence-corrected chi connectivity index (χ1v) is 4.59. The number of pyridine rings is 1. The molecule has 0 radical (unpaired) electrons. The molecule has 0 bridgehead atoms. The molecule has 0 saturated carbocycles. The Morgan fingerprint density at radius 3 is 2.79 bits per heavy atom. The van der Waals surface area contributed by atoms with Crippen molar-refractivity contribution in [2.45, 2.75) is 13.0 Å². The Hall–Kier alpha value is -1.36. The van der Waals surface area contributed by atoms with E-state index in [0.29, 0.717) is 18.8 Å². The summed E-state index contributed by atoms with van der Waals surface area (Å²) in [4.78, 5) is 21.1. The Morgan fingerprint density at radius 2 is 2.21 bits per heavy atom. The predicted octanol–water partition coefficient (Wildman–Crippen LogP) is 1.39. The quantitative estimate of drug-likeness (QED) is 0.434. The monoisotopic (exact) mass is 216 g/mol. The molecule has 0 N–H and O–H groups in total. The number of hydrogen-bond donors (Lipinski definition) is 0. The first-order chi connectivity index (χ1) is 6.65. The first-order valence-electron chi connectivity index (χ1n) is 4.06. The molecule has 0 aliphatic rings. The van der Waals surface area contributed by atoms with Crippen LogP contribution in [0.2, 0.25) is 0 Å². The number of alkyl halides is 1. The van der Waals surface area contributed by atoms with Gasteiger partial charge in [0, 0.05) is 24.6 Å². The smallest absolute Gasteiger partial charge is 0.285 e. The lowest BCUT2D eigenvalue weighted by molar-refractivity contribution is -0.385. The maximum absolute atomic E-state index is 11.2. The first kappa shape index (κ1) is 10.7. The summed E-state index contributed by atoms with van der Waals surface area (Å²) < 4.78 is 1.29. The van der Waals surface area contributed by atoms with E-state index in [1.807, 2.05) is 0 Å². The molecule has 1 rings (SSSR count). The Morgan fingerprint density at radius 1 is 1.50 bits per heavy atom. The normalized spacial score (nSPS) is 10.1. The summed E-state index contributed by atoms with van der Waals surface area (Å²) in [5, 5.41) is 10.4. The van der Waals surface area contributed by atoms with Gasteiger partial charge in [-0.15, -0.1) is 11.6 Å². The van der Waals surface area contributed by atoms with Crippen molar-refractivity contribution >= 4 is 17.3 Å². The van der Waals surface area contributed by atoms with Gasteiger partial charge < -0.3 is 4.57 Å². The summed E-state index contributed by atoms with van der Waals surface area (Å²) in [7, 11) is 0. The van der Waals surface area contributed by atoms with Crippen molar-refractivity contribution in [3.8, 4) is 0 Å². The fraction of sp³-hybridized carbons (Fsp3) is 0.375. The van der Waals surface area contributed by atoms with Crippen molar-refractivity contribution in [3.63, 3.8) is 0 Å². The van der Waals surface area contributed by atoms with Gasteiger partial charge in [-0.1, -0.05) is 0 Å². The fourth-order valence-electron chi connectivity index (χ4n) is 1.03. The highest BCUT2D eigenvalue weighted by Crippen LogP contribution is 2.06. The number of aryl methyl sites for hydroxylation is 1. The number of rotatable bonds is 4. The van der Waals surface area contributed by atoms with E-state index >= 15 is 0 Å². The second kappa shape index (κ2) is 4.76. The molecule has 0 atom stereocenters. The molecule has 0 aliphatic heterocycles. The van der Waals surface area contributed by atoms with E-state index in [4.69, 9.17) is 11.6 Å². The highest BCUT2D eigenvalue weighted by molar-refractivity contribution is 6.17. The van der Waals surface area contributed by atoms with Gasteiger partial charge in [-0.25, -0.2) is 0 Å². The van der Waals surface area contributed by atoms with Gasteiger partial charge in [-0.2, -0.15) is 0 Å². The Balaban J connectivity index is 2.96. The van der Waals surface area contributed by atoms with Gasteiger partial charge in [0.25, 0.3) is 11.2 Å². The van der Waals surface area contributed by atoms with Gasteiger partial charge >= 0.3 is 0 Å². The van der Waals surface area contributed by atoms with Gasteiger partial charge in [0.05, 0.1) is 11.1 Å². The number of aromatic nitrogens is 1. The van der Waals surface area contributed by atoms with E-state index < -0.39 is 4.92 Å². The van der Waals surface area contributed by atoms with Gasteiger partial charge in [0.2, 0.25) is 0 Å². The molecule has 1 heterocycles. The summed E-state index contributed by atoms with van der Waals surface area (Å²) in [6.45, 7) is 0.407. The van der Waals surface area contributed by atoms with Crippen LogP contribution in [-0.2, 0) is 6.54 Å². The third-order valence-electron chi connectivity index (χ3n) is 1.71. The molecule has 0 unspecified atom stereocenters. The number of halogens is 1. The highest BCUT2D eigenvalue weighted by atomic mass is 35.5. The number of nitrogens with zero attached hydrogens (tertiary/aromatic N) is 2. The molecular formula is C8H9ClN2O3. The molecule has 0 amide bonds. The molecule has 0 fully saturated rings. The van der Waals surface area contributed by atoms with E-state index in [1.165, 1.54) is 22.9 Å². The average molecular weight is 217 g/mol. The molecule has 1 aromatic heterocycles. The van der Waals surface area contributed by atoms with Crippen LogP contribution in [0.5, 0.6) is 0 Å². The molecule has 0 spiro atoms. The van der Waals surface area contributed by atoms with Crippen molar-refractivity contribution in [1.29, 1.82) is 0 Å². The maximum Gasteiger partial charge on any atom is 0.285 e. The fourth-order valence-corrected chi connectivity index (χ4v) is 1.15. The lowest BCUT2D eigenvalue weighted by Crippen LogP contribution is -2.19. The van der Waals surface area contributed by atoms with E-state index in [2.05, 4.69) is 0 Å². The SMILES string of the molecule is O=c1ccc([N+](=O)[O-])cn1CCCCl. The molecule has 1 aromatic rings. The van der Waals surface area contributed by atoms with Gasteiger partial charge in [-0.05, 0) is 6.42 Å². The average Bonchev–Trinajstić information content (AvgIpc) is 2.16. The van der Waals surface area contributed by atoms with E-state index in [0.717, 1.165) is 0 Å². The van der Waals surface area contributed by atoms with Crippen LogP contribution in [-0.4, -0.2) is 15.4 Å². The van der Waals surface area contributed by atoms with Crippen LogP contribution in [0.25, 0.3) is 0 Å². The zero-order valence-electron chi connectivity index (χ0n) is 7.35. The number of hydrogen-bond acceptors (Lipinski definition) is 3. The van der Waals surface area contributed by atoms with Crippen LogP contribution in [0, 0.1) is 10.1 Å². The van der Waals surface area contributed by atoms with Crippen LogP contribution in [0.1, 0.15) is 6.42 Å². The van der Waals surface area contributed by atoms with Crippen molar-refractivity contribution in [2.75, 3.05) is 5.88 Å². The number of nitro groups is 1. The molecule has 76 valence electrons. The van der Waals surface area contributed by atoms with E-state index in [9.17, 15) is 14.9 Å². The molecule has 14 heavy (non-hydrogen) atoms. The van der Waals surface area contributed by atoms with Crippen LogP contribution in [0.15, 0.2) is 23.1 Å². The zero-order chi connectivity index (χ0) is 10.6. The minimum atomic E-state index is -0.531. The molecule has 5 nitrogen and oxygen atoms in total.